The molecule has 0 radical (unpaired) electrons. The molecule has 2 atom stereocenters. The Morgan fingerprint density at radius 3 is 2.40 bits per heavy atom. The van der Waals surface area contributed by atoms with Crippen molar-refractivity contribution in [3.05, 3.63) is 161 Å². The van der Waals surface area contributed by atoms with E-state index >= 15 is 0 Å². The van der Waals surface area contributed by atoms with Gasteiger partial charge in [0.15, 0.2) is 0 Å². The standard InChI is InChI=1S/C41H36N4/c1-41(31-19-22-39(45-27-31)37-16-8-10-24-43-37)34-14-6-5-13-32(34)40(30-18-21-38(44-26-30)36-15-7-9-23-42-36)33-25-29(17-20-35(33)41)28-11-3-2-4-12-28/h2-3,5-6,8-11,13-14,16-17,19-20,22-27,35H,4,7,12,15,18,21H2,1H3. The Bertz CT molecular complexity index is 1940. The highest BCUT2D eigenvalue weighted by molar-refractivity contribution is 6.43. The molecule has 4 nitrogen and oxygen atoms in total. The average molecular weight is 585 g/mol. The highest BCUT2D eigenvalue weighted by atomic mass is 14.8. The van der Waals surface area contributed by atoms with Crippen molar-refractivity contribution in [1.29, 1.82) is 0 Å². The first kappa shape index (κ1) is 27.6. The maximum absolute atomic E-state index is 5.04. The molecular weight excluding hydrogens is 548 g/mol. The van der Waals surface area contributed by atoms with E-state index in [-0.39, 0.29) is 11.3 Å². The molecule has 0 saturated heterocycles. The summed E-state index contributed by atoms with van der Waals surface area (Å²) in [7, 11) is 0. The third-order valence-corrected chi connectivity index (χ3v) is 10.0. The molecule has 3 aliphatic carbocycles. The second-order valence-corrected chi connectivity index (χ2v) is 12.5. The number of aromatic nitrogens is 2. The van der Waals surface area contributed by atoms with Gasteiger partial charge in [0.2, 0.25) is 0 Å². The summed E-state index contributed by atoms with van der Waals surface area (Å²) in [5, 5.41) is 0. The van der Waals surface area contributed by atoms with Gasteiger partial charge in [0.25, 0.3) is 0 Å². The summed E-state index contributed by atoms with van der Waals surface area (Å²) in [6.07, 6.45) is 30.2. The van der Waals surface area contributed by atoms with E-state index < -0.39 is 0 Å². The lowest BCUT2D eigenvalue weighted by Gasteiger charge is -2.45. The van der Waals surface area contributed by atoms with Crippen LogP contribution in [0.25, 0.3) is 17.0 Å². The first-order chi connectivity index (χ1) is 22.2. The van der Waals surface area contributed by atoms with Gasteiger partial charge in [0.1, 0.15) is 0 Å². The van der Waals surface area contributed by atoms with Crippen molar-refractivity contribution in [2.45, 2.75) is 50.9 Å². The predicted molar refractivity (Wildman–Crippen MR) is 185 cm³/mol. The van der Waals surface area contributed by atoms with Crippen LogP contribution < -0.4 is 0 Å². The van der Waals surface area contributed by atoms with E-state index in [4.69, 9.17) is 9.98 Å². The molecule has 0 spiro atoms. The number of benzene rings is 1. The van der Waals surface area contributed by atoms with Crippen LogP contribution in [0.1, 0.15) is 62.1 Å². The molecule has 0 saturated carbocycles. The number of nitrogens with zero attached hydrogens (tertiary/aromatic N) is 4. The molecule has 1 aromatic carbocycles. The van der Waals surface area contributed by atoms with Gasteiger partial charge < -0.3 is 0 Å². The van der Waals surface area contributed by atoms with Crippen LogP contribution in [0, 0.1) is 5.92 Å². The molecule has 4 heteroatoms. The summed E-state index contributed by atoms with van der Waals surface area (Å²) >= 11 is 0. The molecule has 0 N–H and O–H groups in total. The summed E-state index contributed by atoms with van der Waals surface area (Å²) in [5.74, 6) is 0.146. The third kappa shape index (κ3) is 4.85. The third-order valence-electron chi connectivity index (χ3n) is 10.0. The summed E-state index contributed by atoms with van der Waals surface area (Å²) < 4.78 is 0. The van der Waals surface area contributed by atoms with Gasteiger partial charge in [-0.05, 0) is 101 Å². The van der Waals surface area contributed by atoms with Gasteiger partial charge in [-0.25, -0.2) is 0 Å². The molecule has 4 heterocycles. The van der Waals surface area contributed by atoms with E-state index in [9.17, 15) is 0 Å². The van der Waals surface area contributed by atoms with Gasteiger partial charge in [-0.1, -0.05) is 85.9 Å². The fourth-order valence-electron chi connectivity index (χ4n) is 7.59. The molecule has 45 heavy (non-hydrogen) atoms. The second-order valence-electron chi connectivity index (χ2n) is 12.5. The number of allylic oxidation sites excluding steroid dienone is 12. The molecule has 2 aliphatic heterocycles. The fraction of sp³-hybridized carbons (Fsp3) is 0.220. The van der Waals surface area contributed by atoms with Gasteiger partial charge in [-0.3, -0.25) is 20.0 Å². The largest absolute Gasteiger partial charge is 0.260 e. The van der Waals surface area contributed by atoms with Crippen LogP contribution in [0.3, 0.4) is 0 Å². The van der Waals surface area contributed by atoms with Gasteiger partial charge in [0.05, 0.1) is 22.8 Å². The summed E-state index contributed by atoms with van der Waals surface area (Å²) in [5.41, 5.74) is 14.3. The molecule has 0 bridgehead atoms. The molecule has 220 valence electrons. The smallest absolute Gasteiger partial charge is 0.0886 e. The average Bonchev–Trinajstić information content (AvgIpc) is 3.13. The molecular formula is C41H36N4. The Balaban J connectivity index is 1.29. The van der Waals surface area contributed by atoms with Crippen molar-refractivity contribution in [3.8, 4) is 11.4 Å². The van der Waals surface area contributed by atoms with Crippen molar-refractivity contribution >= 4 is 17.0 Å². The second kappa shape index (κ2) is 11.5. The van der Waals surface area contributed by atoms with Crippen molar-refractivity contribution in [1.82, 2.24) is 9.97 Å². The van der Waals surface area contributed by atoms with Gasteiger partial charge >= 0.3 is 0 Å². The normalized spacial score (nSPS) is 23.8. The zero-order chi connectivity index (χ0) is 30.2. The van der Waals surface area contributed by atoms with E-state index in [1.165, 1.54) is 44.6 Å². The monoisotopic (exact) mass is 584 g/mol. The Kier molecular flexibility index (Phi) is 7.06. The zero-order valence-electron chi connectivity index (χ0n) is 25.7. The highest BCUT2D eigenvalue weighted by Gasteiger charge is 2.45. The van der Waals surface area contributed by atoms with Crippen LogP contribution in [0.2, 0.25) is 0 Å². The number of pyridine rings is 2. The Labute approximate surface area is 265 Å². The van der Waals surface area contributed by atoms with Gasteiger partial charge in [0, 0.05) is 36.1 Å². The molecule has 0 amide bonds. The van der Waals surface area contributed by atoms with Crippen LogP contribution in [-0.4, -0.2) is 21.4 Å². The predicted octanol–water partition coefficient (Wildman–Crippen LogP) is 9.47. The molecule has 5 aliphatic rings. The number of rotatable bonds is 5. The van der Waals surface area contributed by atoms with E-state index in [2.05, 4.69) is 108 Å². The summed E-state index contributed by atoms with van der Waals surface area (Å²) in [6, 6.07) is 19.3. The van der Waals surface area contributed by atoms with Crippen molar-refractivity contribution in [2.75, 3.05) is 0 Å². The first-order valence-corrected chi connectivity index (χ1v) is 16.2. The van der Waals surface area contributed by atoms with E-state index in [1.54, 1.807) is 0 Å². The van der Waals surface area contributed by atoms with Crippen LogP contribution in [0.5, 0.6) is 0 Å². The van der Waals surface area contributed by atoms with Crippen LogP contribution in [-0.2, 0) is 5.41 Å². The highest BCUT2D eigenvalue weighted by Crippen LogP contribution is 2.55. The van der Waals surface area contributed by atoms with Crippen molar-refractivity contribution in [3.63, 3.8) is 0 Å². The number of aliphatic imine (C=N–C) groups is 2. The number of hydrogen-bond acceptors (Lipinski definition) is 4. The zero-order valence-corrected chi connectivity index (χ0v) is 25.7. The van der Waals surface area contributed by atoms with Crippen LogP contribution in [0.15, 0.2) is 154 Å². The quantitative estimate of drug-likeness (QED) is 0.300. The first-order valence-electron chi connectivity index (χ1n) is 16.2. The summed E-state index contributed by atoms with van der Waals surface area (Å²) in [4.78, 5) is 19.2. The lowest BCUT2D eigenvalue weighted by atomic mass is 9.57. The SMILES string of the molecule is CC1(c2ccc(-c3ccccn3)nc2)c2ccccc2C(C2=CN=C(C3=NC=CCC3)CC2)=C2C=C(C3=CC=CCC3)C=CC21. The summed E-state index contributed by atoms with van der Waals surface area (Å²) in [6.45, 7) is 2.40. The van der Waals surface area contributed by atoms with Crippen LogP contribution in [0.4, 0.5) is 0 Å². The minimum atomic E-state index is -0.308. The lowest BCUT2D eigenvalue weighted by Crippen LogP contribution is -2.38. The van der Waals surface area contributed by atoms with Crippen molar-refractivity contribution in [2.24, 2.45) is 15.9 Å². The van der Waals surface area contributed by atoms with Gasteiger partial charge in [-0.2, -0.15) is 0 Å². The van der Waals surface area contributed by atoms with E-state index in [1.807, 2.05) is 30.6 Å². The minimum Gasteiger partial charge on any atom is -0.260 e. The molecule has 2 unspecified atom stereocenters. The Morgan fingerprint density at radius 2 is 1.64 bits per heavy atom. The maximum atomic E-state index is 5.04. The molecule has 0 fully saturated rings. The van der Waals surface area contributed by atoms with Gasteiger partial charge in [-0.15, -0.1) is 0 Å². The van der Waals surface area contributed by atoms with E-state index in [0.717, 1.165) is 61.3 Å². The molecule has 3 aromatic rings. The Morgan fingerprint density at radius 1 is 0.778 bits per heavy atom. The molecule has 8 rings (SSSR count). The topological polar surface area (TPSA) is 50.5 Å². The van der Waals surface area contributed by atoms with E-state index in [0.29, 0.717) is 0 Å². The number of fused-ring (bicyclic) bond motifs is 2. The maximum Gasteiger partial charge on any atom is 0.0886 e. The van der Waals surface area contributed by atoms with Crippen molar-refractivity contribution < 1.29 is 0 Å². The number of hydrogen-bond donors (Lipinski definition) is 0. The molecule has 2 aromatic heterocycles. The van der Waals surface area contributed by atoms with Crippen LogP contribution >= 0.6 is 0 Å². The fourth-order valence-corrected chi connectivity index (χ4v) is 7.59. The Hall–Kier alpha value is -4.96. The lowest BCUT2D eigenvalue weighted by molar-refractivity contribution is 0.460. The minimum absolute atomic E-state index is 0.146.